The lowest BCUT2D eigenvalue weighted by Gasteiger charge is -2.24. The lowest BCUT2D eigenvalue weighted by Crippen LogP contribution is -2.44. The largest absolute Gasteiger partial charge is 0.489 e. The number of benzene rings is 1. The van der Waals surface area contributed by atoms with Gasteiger partial charge in [-0.25, -0.2) is 0 Å². The fourth-order valence-electron chi connectivity index (χ4n) is 3.89. The molecule has 0 radical (unpaired) electrons. The van der Waals surface area contributed by atoms with E-state index in [1.165, 1.54) is 38.9 Å². The molecule has 3 rings (SSSR count). The van der Waals surface area contributed by atoms with Gasteiger partial charge in [-0.05, 0) is 63.4 Å². The molecule has 0 saturated carbocycles. The van der Waals surface area contributed by atoms with Crippen molar-refractivity contribution in [1.82, 2.24) is 15.1 Å². The van der Waals surface area contributed by atoms with E-state index in [0.29, 0.717) is 11.6 Å². The zero-order valence-corrected chi connectivity index (χ0v) is 16.7. The molecular formula is C20H31ClN4O. The molecule has 1 N–H and O–H groups in total. The molecule has 2 heterocycles. The first kappa shape index (κ1) is 19.3. The van der Waals surface area contributed by atoms with Gasteiger partial charge < -0.3 is 19.9 Å². The monoisotopic (exact) mass is 378 g/mol. The lowest BCUT2D eigenvalue weighted by molar-refractivity contribution is 0.222. The first-order valence-corrected chi connectivity index (χ1v) is 10.1. The van der Waals surface area contributed by atoms with Gasteiger partial charge in [0.25, 0.3) is 0 Å². The van der Waals surface area contributed by atoms with E-state index in [1.54, 1.807) is 0 Å². The molecule has 2 aliphatic rings. The molecule has 2 saturated heterocycles. The smallest absolute Gasteiger partial charge is 0.193 e. The minimum Gasteiger partial charge on any atom is -0.489 e. The number of guanidine groups is 1. The molecule has 6 heteroatoms. The Bertz CT molecular complexity index is 603. The normalized spacial score (nSPS) is 22.7. The van der Waals surface area contributed by atoms with Gasteiger partial charge >= 0.3 is 0 Å². The molecule has 0 amide bonds. The molecule has 2 unspecified atom stereocenters. The maximum absolute atomic E-state index is 6.01. The summed E-state index contributed by atoms with van der Waals surface area (Å²) in [4.78, 5) is 9.47. The van der Waals surface area contributed by atoms with Gasteiger partial charge in [0.05, 0.1) is 6.54 Å². The molecular weight excluding hydrogens is 348 g/mol. The summed E-state index contributed by atoms with van der Waals surface area (Å²) >= 11 is 6.01. The first-order valence-electron chi connectivity index (χ1n) is 9.74. The minimum absolute atomic E-state index is 0.0354. The molecule has 2 aliphatic heterocycles. The highest BCUT2D eigenvalue weighted by atomic mass is 35.5. The van der Waals surface area contributed by atoms with Gasteiger partial charge in [0.2, 0.25) is 0 Å². The predicted molar refractivity (Wildman–Crippen MR) is 108 cm³/mol. The summed E-state index contributed by atoms with van der Waals surface area (Å²) in [6.07, 6.45) is 4.02. The topological polar surface area (TPSA) is 40.1 Å². The molecule has 144 valence electrons. The summed E-state index contributed by atoms with van der Waals surface area (Å²) in [6, 6.07) is 7.53. The Morgan fingerprint density at radius 3 is 2.88 bits per heavy atom. The van der Waals surface area contributed by atoms with Crippen LogP contribution < -0.4 is 10.1 Å². The van der Waals surface area contributed by atoms with Crippen molar-refractivity contribution < 1.29 is 4.74 Å². The van der Waals surface area contributed by atoms with Gasteiger partial charge in [-0.15, -0.1) is 0 Å². The number of likely N-dealkylation sites (tertiary alicyclic amines) is 2. The zero-order chi connectivity index (χ0) is 18.4. The van der Waals surface area contributed by atoms with E-state index in [1.807, 2.05) is 31.3 Å². The number of ether oxygens (including phenoxy) is 1. The molecule has 0 bridgehead atoms. The molecule has 2 atom stereocenters. The molecule has 5 nitrogen and oxygen atoms in total. The Morgan fingerprint density at radius 2 is 2.15 bits per heavy atom. The Balaban J connectivity index is 1.42. The van der Waals surface area contributed by atoms with Crippen LogP contribution in [0.2, 0.25) is 5.02 Å². The number of hydrogen-bond acceptors (Lipinski definition) is 3. The van der Waals surface area contributed by atoms with Gasteiger partial charge in [-0.2, -0.15) is 0 Å². The second-order valence-electron chi connectivity index (χ2n) is 7.42. The molecule has 0 spiro atoms. The van der Waals surface area contributed by atoms with Crippen LogP contribution in [0.4, 0.5) is 0 Å². The average molecular weight is 379 g/mol. The fraction of sp³-hybridized carbons (Fsp3) is 0.650. The molecule has 2 fully saturated rings. The van der Waals surface area contributed by atoms with E-state index in [4.69, 9.17) is 16.3 Å². The number of nitrogens with zero attached hydrogens (tertiary/aromatic N) is 3. The summed E-state index contributed by atoms with van der Waals surface area (Å²) in [5, 5.41) is 4.16. The van der Waals surface area contributed by atoms with Crippen LogP contribution in [0.1, 0.15) is 26.2 Å². The molecule has 1 aromatic rings. The maximum Gasteiger partial charge on any atom is 0.193 e. The third-order valence-electron chi connectivity index (χ3n) is 5.19. The highest BCUT2D eigenvalue weighted by Gasteiger charge is 2.27. The van der Waals surface area contributed by atoms with Crippen molar-refractivity contribution in [3.8, 4) is 5.75 Å². The van der Waals surface area contributed by atoms with Crippen LogP contribution in [-0.2, 0) is 0 Å². The Morgan fingerprint density at radius 1 is 1.35 bits per heavy atom. The number of nitrogens with one attached hydrogen (secondary N) is 1. The van der Waals surface area contributed by atoms with Crippen LogP contribution in [0, 0.1) is 5.92 Å². The molecule has 0 aliphatic carbocycles. The van der Waals surface area contributed by atoms with Crippen molar-refractivity contribution in [2.75, 3.05) is 46.3 Å². The van der Waals surface area contributed by atoms with Crippen LogP contribution in [0.5, 0.6) is 5.75 Å². The van der Waals surface area contributed by atoms with E-state index in [0.717, 1.165) is 30.7 Å². The average Bonchev–Trinajstić information content (AvgIpc) is 3.28. The fourth-order valence-corrected chi connectivity index (χ4v) is 4.07. The van der Waals surface area contributed by atoms with Crippen LogP contribution in [0.15, 0.2) is 29.3 Å². The second kappa shape index (κ2) is 9.47. The van der Waals surface area contributed by atoms with Gasteiger partial charge in [0.1, 0.15) is 11.9 Å². The van der Waals surface area contributed by atoms with Crippen molar-refractivity contribution in [1.29, 1.82) is 0 Å². The van der Waals surface area contributed by atoms with Crippen LogP contribution in [0.25, 0.3) is 0 Å². The Kier molecular flexibility index (Phi) is 7.03. The van der Waals surface area contributed by atoms with Crippen molar-refractivity contribution in [2.45, 2.75) is 32.3 Å². The number of hydrogen-bond donors (Lipinski definition) is 1. The van der Waals surface area contributed by atoms with Crippen molar-refractivity contribution in [3.05, 3.63) is 29.3 Å². The summed E-state index contributed by atoms with van der Waals surface area (Å²) in [5.41, 5.74) is 0. The van der Waals surface area contributed by atoms with Gasteiger partial charge in [-0.1, -0.05) is 17.7 Å². The van der Waals surface area contributed by atoms with Crippen LogP contribution in [0.3, 0.4) is 0 Å². The van der Waals surface area contributed by atoms with Gasteiger partial charge in [-0.3, -0.25) is 4.99 Å². The third kappa shape index (κ3) is 5.52. The lowest BCUT2D eigenvalue weighted by atomic mass is 10.1. The van der Waals surface area contributed by atoms with Crippen LogP contribution >= 0.6 is 11.6 Å². The highest BCUT2D eigenvalue weighted by Crippen LogP contribution is 2.20. The summed E-state index contributed by atoms with van der Waals surface area (Å²) in [6.45, 7) is 8.75. The summed E-state index contributed by atoms with van der Waals surface area (Å²) in [7, 11) is 1.86. The molecule has 26 heavy (non-hydrogen) atoms. The zero-order valence-electron chi connectivity index (χ0n) is 16.0. The van der Waals surface area contributed by atoms with E-state index < -0.39 is 0 Å². The molecule has 1 aromatic carbocycles. The van der Waals surface area contributed by atoms with Gasteiger partial charge in [0, 0.05) is 31.7 Å². The SMILES string of the molecule is CN=C(NCC(C)Oc1cccc(Cl)c1)N1CCC(CN2CCCC2)C1. The van der Waals surface area contributed by atoms with E-state index >= 15 is 0 Å². The number of rotatable bonds is 6. The number of halogens is 1. The quantitative estimate of drug-likeness (QED) is 0.610. The minimum atomic E-state index is 0.0354. The Hall–Kier alpha value is -1.46. The number of aliphatic imine (C=N–C) groups is 1. The van der Waals surface area contributed by atoms with Crippen molar-refractivity contribution >= 4 is 17.6 Å². The first-order chi connectivity index (χ1) is 12.6. The molecule has 0 aromatic heterocycles. The van der Waals surface area contributed by atoms with Gasteiger partial charge in [0.15, 0.2) is 5.96 Å². The van der Waals surface area contributed by atoms with E-state index in [2.05, 4.69) is 27.0 Å². The maximum atomic E-state index is 6.01. The summed E-state index contributed by atoms with van der Waals surface area (Å²) < 4.78 is 5.94. The van der Waals surface area contributed by atoms with Crippen LogP contribution in [-0.4, -0.2) is 68.2 Å². The third-order valence-corrected chi connectivity index (χ3v) is 5.43. The van der Waals surface area contributed by atoms with E-state index in [9.17, 15) is 0 Å². The highest BCUT2D eigenvalue weighted by molar-refractivity contribution is 6.30. The Labute approximate surface area is 162 Å². The van der Waals surface area contributed by atoms with Crippen molar-refractivity contribution in [3.63, 3.8) is 0 Å². The van der Waals surface area contributed by atoms with E-state index in [-0.39, 0.29) is 6.10 Å². The predicted octanol–water partition coefficient (Wildman–Crippen LogP) is 3.10. The van der Waals surface area contributed by atoms with Crippen molar-refractivity contribution in [2.24, 2.45) is 10.9 Å². The standard InChI is InChI=1S/C20H31ClN4O/c1-16(26-19-7-5-6-18(21)12-19)13-23-20(22-2)25-11-8-17(15-25)14-24-9-3-4-10-24/h5-7,12,16-17H,3-4,8-11,13-15H2,1-2H3,(H,22,23). The summed E-state index contributed by atoms with van der Waals surface area (Å²) in [5.74, 6) is 2.54. The second-order valence-corrected chi connectivity index (χ2v) is 7.86.